The van der Waals surface area contributed by atoms with E-state index < -0.39 is 17.8 Å². The van der Waals surface area contributed by atoms with E-state index in [4.69, 9.17) is 0 Å². The Bertz CT molecular complexity index is 785. The molecule has 0 atom stereocenters. The van der Waals surface area contributed by atoms with Crippen LogP contribution < -0.4 is 0 Å². The molecule has 0 saturated heterocycles. The van der Waals surface area contributed by atoms with Gasteiger partial charge in [-0.2, -0.15) is 0 Å². The molecule has 0 bridgehead atoms. The third-order valence-corrected chi connectivity index (χ3v) is 3.45. The van der Waals surface area contributed by atoms with Gasteiger partial charge in [0, 0.05) is 18.2 Å². The molecule has 0 radical (unpaired) electrons. The van der Waals surface area contributed by atoms with Gasteiger partial charge in [-0.15, -0.1) is 0 Å². The van der Waals surface area contributed by atoms with Gasteiger partial charge < -0.3 is 9.84 Å². The van der Waals surface area contributed by atoms with Crippen molar-refractivity contribution in [1.29, 1.82) is 0 Å². The van der Waals surface area contributed by atoms with Gasteiger partial charge in [0.1, 0.15) is 0 Å². The van der Waals surface area contributed by atoms with Crippen molar-refractivity contribution in [2.24, 2.45) is 5.92 Å². The van der Waals surface area contributed by atoms with Crippen LogP contribution in [0.4, 0.5) is 0 Å². The Labute approximate surface area is 127 Å². The van der Waals surface area contributed by atoms with Crippen LogP contribution in [0.15, 0.2) is 18.2 Å². The summed E-state index contributed by atoms with van der Waals surface area (Å²) < 4.78 is 5.72. The fourth-order valence-corrected chi connectivity index (χ4v) is 2.37. The molecule has 0 unspecified atom stereocenters. The number of aromatic hydroxyl groups is 1. The van der Waals surface area contributed by atoms with E-state index in [0.717, 1.165) is 4.57 Å². The van der Waals surface area contributed by atoms with Crippen molar-refractivity contribution < 1.29 is 24.2 Å². The lowest BCUT2D eigenvalue weighted by Gasteiger charge is -2.04. The van der Waals surface area contributed by atoms with Crippen LogP contribution in [-0.2, 0) is 4.74 Å². The molecular formula is C16H17NO5. The number of ketones is 1. The second kappa shape index (κ2) is 5.63. The highest BCUT2D eigenvalue weighted by Crippen LogP contribution is 2.34. The Kier molecular flexibility index (Phi) is 4.03. The minimum Gasteiger partial charge on any atom is -0.494 e. The number of methoxy groups -OCH3 is 1. The average Bonchev–Trinajstić information content (AvgIpc) is 2.76. The largest absolute Gasteiger partial charge is 0.494 e. The number of rotatable bonds is 3. The molecule has 2 aromatic rings. The summed E-state index contributed by atoms with van der Waals surface area (Å²) in [6.45, 7) is 4.68. The molecule has 0 amide bonds. The highest BCUT2D eigenvalue weighted by atomic mass is 16.5. The summed E-state index contributed by atoms with van der Waals surface area (Å²) in [5.41, 5.74) is 0.668. The zero-order valence-corrected chi connectivity index (χ0v) is 12.8. The number of carbonyl (C=O) groups is 3. The van der Waals surface area contributed by atoms with E-state index in [1.54, 1.807) is 13.8 Å². The first-order chi connectivity index (χ1) is 10.3. The summed E-state index contributed by atoms with van der Waals surface area (Å²) in [5, 5.41) is 10.7. The van der Waals surface area contributed by atoms with Crippen LogP contribution in [-0.4, -0.2) is 34.4 Å². The van der Waals surface area contributed by atoms with Gasteiger partial charge >= 0.3 is 5.97 Å². The van der Waals surface area contributed by atoms with Crippen molar-refractivity contribution in [3.05, 3.63) is 29.3 Å². The maximum Gasteiger partial charge on any atom is 0.337 e. The number of hydrogen-bond donors (Lipinski definition) is 1. The standard InChI is InChI=1S/C16H17NO5/c1-8(2)14(19)13-11-7-10(16(21)22-4)5-6-12(11)17(9(3)18)15(13)20/h5-8,20H,1-4H3. The quantitative estimate of drug-likeness (QED) is 0.696. The van der Waals surface area contributed by atoms with Crippen LogP contribution in [0, 0.1) is 5.92 Å². The molecule has 1 heterocycles. The second-order valence-electron chi connectivity index (χ2n) is 5.30. The molecule has 6 heteroatoms. The Hall–Kier alpha value is -2.63. The van der Waals surface area contributed by atoms with Crippen molar-refractivity contribution in [1.82, 2.24) is 4.57 Å². The summed E-state index contributed by atoms with van der Waals surface area (Å²) >= 11 is 0. The van der Waals surface area contributed by atoms with Crippen LogP contribution in [0.5, 0.6) is 5.88 Å². The van der Waals surface area contributed by atoms with Crippen molar-refractivity contribution in [2.75, 3.05) is 7.11 Å². The Morgan fingerprint density at radius 1 is 1.23 bits per heavy atom. The minimum atomic E-state index is -0.556. The number of esters is 1. The van der Waals surface area contributed by atoms with Crippen LogP contribution in [0.3, 0.4) is 0 Å². The third-order valence-electron chi connectivity index (χ3n) is 3.45. The maximum absolute atomic E-state index is 12.4. The SMILES string of the molecule is COC(=O)c1ccc2c(c1)c(C(=O)C(C)C)c(O)n2C(C)=O. The van der Waals surface area contributed by atoms with Crippen molar-refractivity contribution in [2.45, 2.75) is 20.8 Å². The van der Waals surface area contributed by atoms with Crippen LogP contribution >= 0.6 is 0 Å². The summed E-state index contributed by atoms with van der Waals surface area (Å²) in [5.74, 6) is -2.04. The first kappa shape index (κ1) is 15.8. The lowest BCUT2D eigenvalue weighted by Crippen LogP contribution is -2.09. The van der Waals surface area contributed by atoms with Gasteiger partial charge in [0.05, 0.1) is 23.8 Å². The number of fused-ring (bicyclic) bond motifs is 1. The molecule has 0 aliphatic rings. The molecule has 1 aromatic carbocycles. The fourth-order valence-electron chi connectivity index (χ4n) is 2.37. The fraction of sp³-hybridized carbons (Fsp3) is 0.312. The number of nitrogens with zero attached hydrogens (tertiary/aromatic N) is 1. The summed E-state index contributed by atoms with van der Waals surface area (Å²) in [4.78, 5) is 35.8. The predicted octanol–water partition coefficient (Wildman–Crippen LogP) is 2.63. The molecule has 0 aliphatic carbocycles. The van der Waals surface area contributed by atoms with Crippen LogP contribution in [0.25, 0.3) is 10.9 Å². The van der Waals surface area contributed by atoms with Crippen molar-refractivity contribution >= 4 is 28.6 Å². The van der Waals surface area contributed by atoms with Gasteiger partial charge in [0.25, 0.3) is 0 Å². The number of hydrogen-bond acceptors (Lipinski definition) is 5. The number of Topliss-reactive ketones (excluding diaryl/α,β-unsaturated/α-hetero) is 1. The van der Waals surface area contributed by atoms with Gasteiger partial charge in [-0.25, -0.2) is 4.79 Å². The molecule has 1 aromatic heterocycles. The van der Waals surface area contributed by atoms with E-state index in [0.29, 0.717) is 10.9 Å². The topological polar surface area (TPSA) is 85.6 Å². The molecule has 6 nitrogen and oxygen atoms in total. The monoisotopic (exact) mass is 303 g/mol. The predicted molar refractivity (Wildman–Crippen MR) is 80.4 cm³/mol. The Balaban J connectivity index is 2.86. The van der Waals surface area contributed by atoms with Gasteiger partial charge in [-0.1, -0.05) is 13.8 Å². The van der Waals surface area contributed by atoms with Crippen LogP contribution in [0.1, 0.15) is 46.3 Å². The molecule has 0 spiro atoms. The lowest BCUT2D eigenvalue weighted by molar-refractivity contribution is 0.0600. The Morgan fingerprint density at radius 3 is 2.36 bits per heavy atom. The molecular weight excluding hydrogens is 286 g/mol. The number of carbonyl (C=O) groups excluding carboxylic acids is 3. The maximum atomic E-state index is 12.4. The minimum absolute atomic E-state index is 0.0472. The zero-order valence-electron chi connectivity index (χ0n) is 12.8. The van der Waals surface area contributed by atoms with E-state index >= 15 is 0 Å². The second-order valence-corrected chi connectivity index (χ2v) is 5.30. The van der Waals surface area contributed by atoms with Crippen molar-refractivity contribution in [3.8, 4) is 5.88 Å². The van der Waals surface area contributed by atoms with E-state index in [2.05, 4.69) is 4.74 Å². The molecule has 0 saturated carbocycles. The van der Waals surface area contributed by atoms with Crippen molar-refractivity contribution in [3.63, 3.8) is 0 Å². The first-order valence-electron chi connectivity index (χ1n) is 6.80. The van der Waals surface area contributed by atoms with E-state index in [9.17, 15) is 19.5 Å². The van der Waals surface area contributed by atoms with Crippen LogP contribution in [0.2, 0.25) is 0 Å². The molecule has 2 rings (SSSR count). The lowest BCUT2D eigenvalue weighted by atomic mass is 9.99. The highest BCUT2D eigenvalue weighted by molar-refractivity contribution is 6.14. The Morgan fingerprint density at radius 2 is 1.86 bits per heavy atom. The summed E-state index contributed by atoms with van der Waals surface area (Å²) in [6.07, 6.45) is 0. The molecule has 0 aliphatic heterocycles. The van der Waals surface area contributed by atoms with Gasteiger partial charge in [-0.3, -0.25) is 14.2 Å². The van der Waals surface area contributed by atoms with E-state index in [-0.39, 0.29) is 22.8 Å². The molecule has 116 valence electrons. The number of benzene rings is 1. The first-order valence-corrected chi connectivity index (χ1v) is 6.80. The molecule has 0 fully saturated rings. The summed E-state index contributed by atoms with van der Waals surface area (Å²) in [7, 11) is 1.25. The van der Waals surface area contributed by atoms with Gasteiger partial charge in [0.2, 0.25) is 11.8 Å². The smallest absolute Gasteiger partial charge is 0.337 e. The highest BCUT2D eigenvalue weighted by Gasteiger charge is 2.26. The third kappa shape index (κ3) is 2.36. The van der Waals surface area contributed by atoms with E-state index in [1.807, 2.05) is 0 Å². The normalized spacial score (nSPS) is 11.0. The molecule has 22 heavy (non-hydrogen) atoms. The number of aromatic nitrogens is 1. The number of ether oxygens (including phenoxy) is 1. The summed E-state index contributed by atoms with van der Waals surface area (Å²) in [6, 6.07) is 4.45. The van der Waals surface area contributed by atoms with Gasteiger partial charge in [0.15, 0.2) is 5.78 Å². The van der Waals surface area contributed by atoms with E-state index in [1.165, 1.54) is 32.2 Å². The average molecular weight is 303 g/mol. The van der Waals surface area contributed by atoms with Gasteiger partial charge in [-0.05, 0) is 18.2 Å². The molecule has 1 N–H and O–H groups in total. The zero-order chi connectivity index (χ0) is 16.6.